The summed E-state index contributed by atoms with van der Waals surface area (Å²) in [5.41, 5.74) is 13.5. The predicted molar refractivity (Wildman–Crippen MR) is 178 cm³/mol. The van der Waals surface area contributed by atoms with Gasteiger partial charge in [-0.1, -0.05) is 84.0 Å². The fraction of sp³-hybridized carbons (Fsp3) is 0.211. The minimum atomic E-state index is -0.0330. The van der Waals surface area contributed by atoms with Gasteiger partial charge in [-0.15, -0.1) is 0 Å². The lowest BCUT2D eigenvalue weighted by Gasteiger charge is -2.47. The molecule has 5 aromatic rings. The molecule has 0 spiro atoms. The standard InChI is InChI=1S/C38H35BN2O/c1-37(2,3)24-20-30-35-32(22-24)42-33-23-25(38(4,5)6)21-31-36(33)39(35)34-28(40(30)26-14-9-7-10-15-26)18-13-19-29(34)41(31)27-16-11-8-12-17-27/h7-23H,1-6H3. The first-order valence-electron chi connectivity index (χ1n) is 15.0. The molecule has 3 aliphatic rings. The highest BCUT2D eigenvalue weighted by atomic mass is 16.5. The zero-order valence-electron chi connectivity index (χ0n) is 25.2. The Balaban J connectivity index is 1.52. The molecule has 0 N–H and O–H groups in total. The molecule has 3 nitrogen and oxygen atoms in total. The zero-order chi connectivity index (χ0) is 29.0. The van der Waals surface area contributed by atoms with Crippen molar-refractivity contribution in [3.05, 3.63) is 114 Å². The molecule has 0 saturated carbocycles. The van der Waals surface area contributed by atoms with Crippen LogP contribution in [0.25, 0.3) is 0 Å². The summed E-state index contributed by atoms with van der Waals surface area (Å²) in [4.78, 5) is 4.91. The Labute approximate surface area is 249 Å². The van der Waals surface area contributed by atoms with Crippen LogP contribution in [-0.4, -0.2) is 6.71 Å². The van der Waals surface area contributed by atoms with Crippen molar-refractivity contribution in [2.75, 3.05) is 9.80 Å². The third-order valence-corrected chi connectivity index (χ3v) is 9.11. The molecule has 0 aromatic heterocycles. The van der Waals surface area contributed by atoms with E-state index in [4.69, 9.17) is 4.74 Å². The fourth-order valence-electron chi connectivity index (χ4n) is 6.96. The van der Waals surface area contributed by atoms with Crippen LogP contribution >= 0.6 is 0 Å². The summed E-state index contributed by atoms with van der Waals surface area (Å²) in [6.07, 6.45) is 0. The van der Waals surface area contributed by atoms with Gasteiger partial charge < -0.3 is 14.5 Å². The third-order valence-electron chi connectivity index (χ3n) is 9.11. The van der Waals surface area contributed by atoms with E-state index in [1.165, 1.54) is 50.3 Å². The second kappa shape index (κ2) is 8.55. The molecule has 3 aliphatic heterocycles. The van der Waals surface area contributed by atoms with Crippen molar-refractivity contribution >= 4 is 57.2 Å². The first-order chi connectivity index (χ1) is 20.1. The number of hydrogen-bond donors (Lipinski definition) is 0. The second-order valence-corrected chi connectivity index (χ2v) is 13.9. The Morgan fingerprint density at radius 2 is 0.905 bits per heavy atom. The van der Waals surface area contributed by atoms with E-state index < -0.39 is 0 Å². The van der Waals surface area contributed by atoms with Gasteiger partial charge in [0.15, 0.2) is 0 Å². The Morgan fingerprint density at radius 3 is 1.31 bits per heavy atom. The van der Waals surface area contributed by atoms with Crippen LogP contribution in [0, 0.1) is 0 Å². The van der Waals surface area contributed by atoms with Crippen LogP contribution in [-0.2, 0) is 10.8 Å². The van der Waals surface area contributed by atoms with Crippen molar-refractivity contribution in [3.8, 4) is 11.5 Å². The van der Waals surface area contributed by atoms with E-state index in [0.29, 0.717) is 0 Å². The molecule has 0 amide bonds. The molecule has 0 bridgehead atoms. The highest BCUT2D eigenvalue weighted by Crippen LogP contribution is 2.49. The maximum atomic E-state index is 7.04. The molecule has 0 saturated heterocycles. The highest BCUT2D eigenvalue weighted by Gasteiger charge is 2.49. The largest absolute Gasteiger partial charge is 0.458 e. The van der Waals surface area contributed by atoms with Gasteiger partial charge in [0, 0.05) is 34.1 Å². The van der Waals surface area contributed by atoms with Gasteiger partial charge in [-0.2, -0.15) is 0 Å². The van der Waals surface area contributed by atoms with E-state index in [1.807, 2.05) is 0 Å². The maximum Gasteiger partial charge on any atom is 0.261 e. The average Bonchev–Trinajstić information content (AvgIpc) is 2.97. The molecule has 4 heteroatoms. The van der Waals surface area contributed by atoms with Crippen LogP contribution in [0.15, 0.2) is 103 Å². The van der Waals surface area contributed by atoms with Gasteiger partial charge in [-0.25, -0.2) is 0 Å². The molecule has 8 rings (SSSR count). The maximum absolute atomic E-state index is 7.04. The molecule has 0 atom stereocenters. The summed E-state index contributed by atoms with van der Waals surface area (Å²) in [5, 5.41) is 0. The third kappa shape index (κ3) is 3.54. The molecule has 42 heavy (non-hydrogen) atoms. The lowest BCUT2D eigenvalue weighted by Crippen LogP contribution is -2.63. The molecule has 0 aliphatic carbocycles. The first kappa shape index (κ1) is 25.3. The first-order valence-corrected chi connectivity index (χ1v) is 15.0. The Bertz CT molecular complexity index is 1750. The summed E-state index contributed by atoms with van der Waals surface area (Å²) in [5.74, 6) is 1.95. The molecule has 3 heterocycles. The minimum absolute atomic E-state index is 0.0330. The van der Waals surface area contributed by atoms with Crippen LogP contribution in [0.3, 0.4) is 0 Å². The fourth-order valence-corrected chi connectivity index (χ4v) is 6.96. The van der Waals surface area contributed by atoms with Crippen LogP contribution < -0.4 is 30.9 Å². The summed E-state index contributed by atoms with van der Waals surface area (Å²) < 4.78 is 7.04. The average molecular weight is 547 g/mol. The number of nitrogens with zero attached hydrogens (tertiary/aromatic N) is 2. The minimum Gasteiger partial charge on any atom is -0.458 e. The van der Waals surface area contributed by atoms with E-state index >= 15 is 0 Å². The number of anilines is 6. The topological polar surface area (TPSA) is 15.7 Å². The molecular weight excluding hydrogens is 511 g/mol. The van der Waals surface area contributed by atoms with Gasteiger partial charge in [0.1, 0.15) is 11.5 Å². The summed E-state index contributed by atoms with van der Waals surface area (Å²) in [6.45, 7) is 13.8. The van der Waals surface area contributed by atoms with Crippen LogP contribution in [0.1, 0.15) is 52.7 Å². The SMILES string of the molecule is CC(C)(C)c1cc2c3c(c1)N(c1ccccc1)c1cccc4c1B3c1c(cc(C(C)(C)C)cc1N4c1ccccc1)O2. The summed E-state index contributed by atoms with van der Waals surface area (Å²) in [6, 6.07) is 37.8. The van der Waals surface area contributed by atoms with Gasteiger partial charge in [0.25, 0.3) is 6.71 Å². The molecule has 5 aromatic carbocycles. The number of hydrogen-bond acceptors (Lipinski definition) is 3. The van der Waals surface area contributed by atoms with Crippen molar-refractivity contribution in [1.82, 2.24) is 0 Å². The van der Waals surface area contributed by atoms with Crippen LogP contribution in [0.5, 0.6) is 11.5 Å². The number of para-hydroxylation sites is 2. The highest BCUT2D eigenvalue weighted by molar-refractivity contribution is 7.01. The van der Waals surface area contributed by atoms with Crippen LogP contribution in [0.2, 0.25) is 0 Å². The lowest BCUT2D eigenvalue weighted by molar-refractivity contribution is 0.479. The van der Waals surface area contributed by atoms with E-state index in [1.54, 1.807) is 0 Å². The summed E-state index contributed by atoms with van der Waals surface area (Å²) in [7, 11) is 0. The van der Waals surface area contributed by atoms with Gasteiger partial charge in [0.2, 0.25) is 0 Å². The zero-order valence-corrected chi connectivity index (χ0v) is 25.2. The number of benzene rings is 5. The van der Waals surface area contributed by atoms with Gasteiger partial charge in [-0.3, -0.25) is 0 Å². The normalized spacial score (nSPS) is 14.5. The van der Waals surface area contributed by atoms with Crippen molar-refractivity contribution in [2.45, 2.75) is 52.4 Å². The second-order valence-electron chi connectivity index (χ2n) is 13.9. The van der Waals surface area contributed by atoms with Gasteiger partial charge in [0.05, 0.1) is 0 Å². The quantitative estimate of drug-likeness (QED) is 0.202. The molecule has 206 valence electrons. The van der Waals surface area contributed by atoms with Crippen molar-refractivity contribution in [2.24, 2.45) is 0 Å². The Hall–Kier alpha value is -4.44. The molecule has 0 fully saturated rings. The summed E-state index contributed by atoms with van der Waals surface area (Å²) >= 11 is 0. The lowest BCUT2D eigenvalue weighted by atomic mass is 9.32. The monoisotopic (exact) mass is 546 g/mol. The van der Waals surface area contributed by atoms with Crippen molar-refractivity contribution in [1.29, 1.82) is 0 Å². The van der Waals surface area contributed by atoms with E-state index in [0.717, 1.165) is 22.9 Å². The smallest absolute Gasteiger partial charge is 0.261 e. The van der Waals surface area contributed by atoms with E-state index in [9.17, 15) is 0 Å². The van der Waals surface area contributed by atoms with E-state index in [2.05, 4.69) is 154 Å². The van der Waals surface area contributed by atoms with Gasteiger partial charge >= 0.3 is 0 Å². The van der Waals surface area contributed by atoms with Crippen molar-refractivity contribution in [3.63, 3.8) is 0 Å². The van der Waals surface area contributed by atoms with E-state index in [-0.39, 0.29) is 17.5 Å². The Kier molecular flexibility index (Phi) is 5.15. The number of rotatable bonds is 2. The Morgan fingerprint density at radius 1 is 0.476 bits per heavy atom. The molecular formula is C38H35BN2O. The van der Waals surface area contributed by atoms with Gasteiger partial charge in [-0.05, 0) is 99.0 Å². The molecule has 0 radical (unpaired) electrons. The van der Waals surface area contributed by atoms with Crippen LogP contribution in [0.4, 0.5) is 34.1 Å². The van der Waals surface area contributed by atoms with Crippen molar-refractivity contribution < 1.29 is 4.74 Å². The predicted octanol–water partition coefficient (Wildman–Crippen LogP) is 8.47. The number of ether oxygens (including phenoxy) is 1. The molecule has 0 unspecified atom stereocenters.